The summed E-state index contributed by atoms with van der Waals surface area (Å²) in [5.41, 5.74) is 1.21. The summed E-state index contributed by atoms with van der Waals surface area (Å²) in [5, 5.41) is 19.9. The molecule has 0 unspecified atom stereocenters. The van der Waals surface area contributed by atoms with Crippen LogP contribution in [0.5, 0.6) is 11.5 Å². The maximum atomic E-state index is 10.1. The van der Waals surface area contributed by atoms with Gasteiger partial charge in [-0.15, -0.1) is 0 Å². The number of benzene rings is 2. The maximum Gasteiger partial charge on any atom is 0.125 e. The molecule has 0 aromatic heterocycles. The minimum atomic E-state index is -0.831. The van der Waals surface area contributed by atoms with Gasteiger partial charge in [-0.1, -0.05) is 30.3 Å². The Morgan fingerprint density at radius 1 is 1.06 bits per heavy atom. The van der Waals surface area contributed by atoms with Crippen LogP contribution >= 0.6 is 0 Å². The van der Waals surface area contributed by atoms with Crippen molar-refractivity contribution in [2.75, 3.05) is 7.11 Å². The van der Waals surface area contributed by atoms with E-state index < -0.39 is 6.10 Å². The van der Waals surface area contributed by atoms with Gasteiger partial charge in [0.05, 0.1) is 7.11 Å². The highest BCUT2D eigenvalue weighted by molar-refractivity contribution is 5.44. The molecule has 2 N–H and O–H groups in total. The van der Waals surface area contributed by atoms with Gasteiger partial charge >= 0.3 is 0 Å². The summed E-state index contributed by atoms with van der Waals surface area (Å²) in [4.78, 5) is 0. The molecule has 3 heteroatoms. The van der Waals surface area contributed by atoms with Gasteiger partial charge in [0.25, 0.3) is 0 Å². The Morgan fingerprint density at radius 2 is 1.76 bits per heavy atom. The first kappa shape index (κ1) is 11.5. The van der Waals surface area contributed by atoms with Crippen LogP contribution in [0.15, 0.2) is 48.5 Å². The van der Waals surface area contributed by atoms with Gasteiger partial charge in [0.1, 0.15) is 17.6 Å². The van der Waals surface area contributed by atoms with Crippen molar-refractivity contribution < 1.29 is 14.9 Å². The van der Waals surface area contributed by atoms with E-state index in [4.69, 9.17) is 4.74 Å². The zero-order valence-electron chi connectivity index (χ0n) is 9.50. The van der Waals surface area contributed by atoms with Crippen molar-refractivity contribution in [1.82, 2.24) is 0 Å². The van der Waals surface area contributed by atoms with Crippen LogP contribution < -0.4 is 4.74 Å². The largest absolute Gasteiger partial charge is 0.507 e. The lowest BCUT2D eigenvalue weighted by Crippen LogP contribution is -1.99. The highest BCUT2D eigenvalue weighted by Gasteiger charge is 2.14. The van der Waals surface area contributed by atoms with Crippen LogP contribution in [0.3, 0.4) is 0 Å². The third-order valence-electron chi connectivity index (χ3n) is 2.65. The Balaban J connectivity index is 2.34. The van der Waals surface area contributed by atoms with E-state index in [0.717, 1.165) is 5.56 Å². The second-order valence-corrected chi connectivity index (χ2v) is 3.74. The van der Waals surface area contributed by atoms with Crippen LogP contribution in [0.2, 0.25) is 0 Å². The van der Waals surface area contributed by atoms with Gasteiger partial charge in [-0.3, -0.25) is 0 Å². The molecule has 0 aliphatic rings. The molecule has 17 heavy (non-hydrogen) atoms. The van der Waals surface area contributed by atoms with Gasteiger partial charge in [0, 0.05) is 11.6 Å². The van der Waals surface area contributed by atoms with Crippen molar-refractivity contribution in [1.29, 1.82) is 0 Å². The monoisotopic (exact) mass is 230 g/mol. The summed E-state index contributed by atoms with van der Waals surface area (Å²) in [6, 6.07) is 14.1. The molecule has 0 bridgehead atoms. The van der Waals surface area contributed by atoms with Crippen LogP contribution in [-0.2, 0) is 0 Å². The molecule has 2 aromatic rings. The highest BCUT2D eigenvalue weighted by atomic mass is 16.5. The third kappa shape index (κ3) is 2.40. The first-order valence-electron chi connectivity index (χ1n) is 5.32. The van der Waals surface area contributed by atoms with Gasteiger partial charge in [0.15, 0.2) is 0 Å². The molecular weight excluding hydrogens is 216 g/mol. The number of rotatable bonds is 3. The van der Waals surface area contributed by atoms with E-state index in [2.05, 4.69) is 0 Å². The summed E-state index contributed by atoms with van der Waals surface area (Å²) < 4.78 is 4.99. The van der Waals surface area contributed by atoms with Crippen LogP contribution in [0.25, 0.3) is 0 Å². The van der Waals surface area contributed by atoms with E-state index in [9.17, 15) is 10.2 Å². The third-order valence-corrected chi connectivity index (χ3v) is 2.65. The molecule has 2 aromatic carbocycles. The Bertz CT molecular complexity index is 494. The molecule has 88 valence electrons. The molecule has 0 spiro atoms. The standard InChI is InChI=1S/C14H14O3/c1-17-11-7-8-12(13(15)9-11)14(16)10-5-3-2-4-6-10/h2-9,14-16H,1H3/t14-/m1/s1. The molecule has 0 amide bonds. The Kier molecular flexibility index (Phi) is 3.30. The Morgan fingerprint density at radius 3 is 2.35 bits per heavy atom. The molecule has 0 saturated carbocycles. The van der Waals surface area contributed by atoms with Crippen molar-refractivity contribution in [3.8, 4) is 11.5 Å². The molecule has 1 atom stereocenters. The van der Waals surface area contributed by atoms with E-state index in [0.29, 0.717) is 11.3 Å². The predicted molar refractivity (Wildman–Crippen MR) is 65.2 cm³/mol. The smallest absolute Gasteiger partial charge is 0.125 e. The average molecular weight is 230 g/mol. The fourth-order valence-corrected chi connectivity index (χ4v) is 1.70. The lowest BCUT2D eigenvalue weighted by molar-refractivity contribution is 0.215. The number of ether oxygens (including phenoxy) is 1. The van der Waals surface area contributed by atoms with Crippen molar-refractivity contribution >= 4 is 0 Å². The number of phenolic OH excluding ortho intramolecular Hbond substituents is 1. The number of aliphatic hydroxyl groups excluding tert-OH is 1. The lowest BCUT2D eigenvalue weighted by atomic mass is 10.0. The summed E-state index contributed by atoms with van der Waals surface area (Å²) in [6.07, 6.45) is -0.831. The number of phenols is 1. The zero-order valence-corrected chi connectivity index (χ0v) is 9.50. The molecule has 0 radical (unpaired) electrons. The van der Waals surface area contributed by atoms with Gasteiger partial charge in [-0.2, -0.15) is 0 Å². The molecule has 0 saturated heterocycles. The fraction of sp³-hybridized carbons (Fsp3) is 0.143. The minimum Gasteiger partial charge on any atom is -0.507 e. The van der Waals surface area contributed by atoms with Gasteiger partial charge in [0.2, 0.25) is 0 Å². The molecule has 2 rings (SSSR count). The zero-order chi connectivity index (χ0) is 12.3. The first-order valence-corrected chi connectivity index (χ1v) is 5.32. The Labute approximate surface area is 99.9 Å². The summed E-state index contributed by atoms with van der Waals surface area (Å²) >= 11 is 0. The second kappa shape index (κ2) is 4.89. The van der Waals surface area contributed by atoms with Crippen molar-refractivity contribution in [2.45, 2.75) is 6.10 Å². The normalized spacial score (nSPS) is 12.1. The van der Waals surface area contributed by atoms with Crippen molar-refractivity contribution in [2.24, 2.45) is 0 Å². The number of hydrogen-bond acceptors (Lipinski definition) is 3. The topological polar surface area (TPSA) is 49.7 Å². The van der Waals surface area contributed by atoms with E-state index in [1.165, 1.54) is 13.2 Å². The lowest BCUT2D eigenvalue weighted by Gasteiger charge is -2.13. The van der Waals surface area contributed by atoms with E-state index in [1.54, 1.807) is 12.1 Å². The summed E-state index contributed by atoms with van der Waals surface area (Å²) in [7, 11) is 1.53. The number of aliphatic hydroxyl groups is 1. The van der Waals surface area contributed by atoms with E-state index >= 15 is 0 Å². The van der Waals surface area contributed by atoms with Crippen molar-refractivity contribution in [3.05, 3.63) is 59.7 Å². The van der Waals surface area contributed by atoms with Crippen molar-refractivity contribution in [3.63, 3.8) is 0 Å². The average Bonchev–Trinajstić information content (AvgIpc) is 2.39. The molecule has 0 aliphatic heterocycles. The SMILES string of the molecule is COc1ccc([C@H](O)c2ccccc2)c(O)c1. The first-order chi connectivity index (χ1) is 8.22. The van der Waals surface area contributed by atoms with E-state index in [1.807, 2.05) is 30.3 Å². The van der Waals surface area contributed by atoms with Crippen LogP contribution in [0.1, 0.15) is 17.2 Å². The molecular formula is C14H14O3. The van der Waals surface area contributed by atoms with Crippen LogP contribution in [-0.4, -0.2) is 17.3 Å². The summed E-state index contributed by atoms with van der Waals surface area (Å²) in [5.74, 6) is 0.590. The van der Waals surface area contributed by atoms with Gasteiger partial charge in [-0.05, 0) is 17.7 Å². The Hall–Kier alpha value is -2.00. The molecule has 0 fully saturated rings. The van der Waals surface area contributed by atoms with Gasteiger partial charge in [-0.25, -0.2) is 0 Å². The maximum absolute atomic E-state index is 10.1. The molecule has 0 heterocycles. The minimum absolute atomic E-state index is 0.0284. The van der Waals surface area contributed by atoms with Crippen LogP contribution in [0, 0.1) is 0 Å². The second-order valence-electron chi connectivity index (χ2n) is 3.74. The predicted octanol–water partition coefficient (Wildman–Crippen LogP) is 2.48. The fourth-order valence-electron chi connectivity index (χ4n) is 1.70. The quantitative estimate of drug-likeness (QED) is 0.851. The van der Waals surface area contributed by atoms with Gasteiger partial charge < -0.3 is 14.9 Å². The molecule has 3 nitrogen and oxygen atoms in total. The van der Waals surface area contributed by atoms with E-state index in [-0.39, 0.29) is 5.75 Å². The summed E-state index contributed by atoms with van der Waals surface area (Å²) in [6.45, 7) is 0. The molecule has 0 aliphatic carbocycles. The number of aromatic hydroxyl groups is 1. The number of methoxy groups -OCH3 is 1. The van der Waals surface area contributed by atoms with Crippen LogP contribution in [0.4, 0.5) is 0 Å². The highest BCUT2D eigenvalue weighted by Crippen LogP contribution is 2.31. The number of hydrogen-bond donors (Lipinski definition) is 2.